The van der Waals surface area contributed by atoms with Gasteiger partial charge >= 0.3 is 0 Å². The SMILES string of the molecule is Nc1nnc(CCCNC(=O)CCS(=O)(=O)c2ccccc2)s1. The number of nitrogens with zero attached hydrogens (tertiary/aromatic N) is 2. The number of hydrogen-bond donors (Lipinski definition) is 2. The third kappa shape index (κ3) is 5.61. The zero-order valence-electron chi connectivity index (χ0n) is 12.4. The standard InChI is InChI=1S/C14H18N4O3S2/c15-14-18-17-13(22-14)7-4-9-16-12(19)8-10-23(20,21)11-5-2-1-3-6-11/h1-3,5-6H,4,7-10H2,(H2,15,18)(H,16,19). The number of aromatic nitrogens is 2. The topological polar surface area (TPSA) is 115 Å². The number of benzene rings is 1. The van der Waals surface area contributed by atoms with E-state index in [0.717, 1.165) is 5.01 Å². The van der Waals surface area contributed by atoms with E-state index in [-0.39, 0.29) is 23.0 Å². The summed E-state index contributed by atoms with van der Waals surface area (Å²) in [5, 5.41) is 11.5. The number of hydrogen-bond acceptors (Lipinski definition) is 7. The van der Waals surface area contributed by atoms with Gasteiger partial charge in [0.2, 0.25) is 11.0 Å². The molecule has 0 aliphatic heterocycles. The van der Waals surface area contributed by atoms with Gasteiger partial charge in [-0.05, 0) is 18.6 Å². The normalized spacial score (nSPS) is 11.3. The molecule has 1 aromatic carbocycles. The van der Waals surface area contributed by atoms with E-state index in [1.54, 1.807) is 18.2 Å². The maximum Gasteiger partial charge on any atom is 0.221 e. The van der Waals surface area contributed by atoms with E-state index >= 15 is 0 Å². The highest BCUT2D eigenvalue weighted by molar-refractivity contribution is 7.91. The Bertz CT molecular complexity index is 744. The Balaban J connectivity index is 1.69. The van der Waals surface area contributed by atoms with Crippen LogP contribution in [0, 0.1) is 0 Å². The van der Waals surface area contributed by atoms with Crippen LogP contribution in [-0.2, 0) is 21.1 Å². The molecule has 7 nitrogen and oxygen atoms in total. The lowest BCUT2D eigenvalue weighted by atomic mass is 10.3. The molecule has 1 amide bonds. The molecule has 0 aliphatic carbocycles. The van der Waals surface area contributed by atoms with Crippen molar-refractivity contribution < 1.29 is 13.2 Å². The number of nitrogen functional groups attached to an aromatic ring is 1. The number of nitrogens with one attached hydrogen (secondary N) is 1. The molecular formula is C14H18N4O3S2. The molecule has 0 saturated heterocycles. The minimum atomic E-state index is -3.42. The summed E-state index contributed by atoms with van der Waals surface area (Å²) in [7, 11) is -3.42. The summed E-state index contributed by atoms with van der Waals surface area (Å²) < 4.78 is 24.1. The quantitative estimate of drug-likeness (QED) is 0.684. The van der Waals surface area contributed by atoms with Crippen LogP contribution in [0.4, 0.5) is 5.13 Å². The highest BCUT2D eigenvalue weighted by atomic mass is 32.2. The van der Waals surface area contributed by atoms with E-state index in [0.29, 0.717) is 24.5 Å². The molecule has 1 aromatic heterocycles. The Kier molecular flexibility index (Phi) is 6.05. The van der Waals surface area contributed by atoms with E-state index in [1.165, 1.54) is 23.5 Å². The first-order valence-electron chi connectivity index (χ1n) is 7.10. The highest BCUT2D eigenvalue weighted by Gasteiger charge is 2.15. The van der Waals surface area contributed by atoms with Gasteiger partial charge in [-0.2, -0.15) is 0 Å². The molecule has 23 heavy (non-hydrogen) atoms. The van der Waals surface area contributed by atoms with Crippen LogP contribution < -0.4 is 11.1 Å². The number of rotatable bonds is 8. The molecule has 0 fully saturated rings. The van der Waals surface area contributed by atoms with E-state index in [9.17, 15) is 13.2 Å². The minimum Gasteiger partial charge on any atom is -0.374 e. The summed E-state index contributed by atoms with van der Waals surface area (Å²) in [4.78, 5) is 12.0. The van der Waals surface area contributed by atoms with Gasteiger partial charge in [0, 0.05) is 19.4 Å². The van der Waals surface area contributed by atoms with Crippen LogP contribution in [0.5, 0.6) is 0 Å². The molecule has 3 N–H and O–H groups in total. The predicted octanol–water partition coefficient (Wildman–Crippen LogP) is 1.03. The van der Waals surface area contributed by atoms with Crippen LogP contribution in [0.15, 0.2) is 35.2 Å². The van der Waals surface area contributed by atoms with Crippen molar-refractivity contribution in [3.8, 4) is 0 Å². The monoisotopic (exact) mass is 354 g/mol. The Morgan fingerprint density at radius 3 is 2.61 bits per heavy atom. The van der Waals surface area contributed by atoms with Crippen molar-refractivity contribution in [3.63, 3.8) is 0 Å². The van der Waals surface area contributed by atoms with Crippen LogP contribution in [0.2, 0.25) is 0 Å². The van der Waals surface area contributed by atoms with Gasteiger partial charge < -0.3 is 11.1 Å². The fourth-order valence-corrected chi connectivity index (χ4v) is 3.81. The Morgan fingerprint density at radius 2 is 1.96 bits per heavy atom. The highest BCUT2D eigenvalue weighted by Crippen LogP contribution is 2.12. The first kappa shape index (κ1) is 17.4. The molecule has 0 aliphatic rings. The van der Waals surface area contributed by atoms with Gasteiger partial charge in [0.05, 0.1) is 10.6 Å². The van der Waals surface area contributed by atoms with Crippen molar-refractivity contribution >= 4 is 32.2 Å². The molecule has 0 unspecified atom stereocenters. The average molecular weight is 354 g/mol. The van der Waals surface area contributed by atoms with Crippen molar-refractivity contribution in [2.24, 2.45) is 0 Å². The lowest BCUT2D eigenvalue weighted by molar-refractivity contribution is -0.120. The molecule has 2 aromatic rings. The van der Waals surface area contributed by atoms with Gasteiger partial charge in [0.25, 0.3) is 0 Å². The van der Waals surface area contributed by atoms with E-state index in [1.807, 2.05) is 0 Å². The average Bonchev–Trinajstić information content (AvgIpc) is 2.96. The first-order valence-corrected chi connectivity index (χ1v) is 9.56. The second kappa shape index (κ2) is 8.02. The summed E-state index contributed by atoms with van der Waals surface area (Å²) in [5.74, 6) is -0.475. The first-order chi connectivity index (χ1) is 11.0. The van der Waals surface area contributed by atoms with Crippen molar-refractivity contribution in [3.05, 3.63) is 35.3 Å². The van der Waals surface area contributed by atoms with Crippen molar-refractivity contribution in [1.29, 1.82) is 0 Å². The molecule has 2 rings (SSSR count). The lowest BCUT2D eigenvalue weighted by Gasteiger charge is -2.06. The molecule has 0 atom stereocenters. The number of sulfone groups is 1. The fraction of sp³-hybridized carbons (Fsp3) is 0.357. The summed E-state index contributed by atoms with van der Waals surface area (Å²) in [6.07, 6.45) is 1.33. The third-order valence-electron chi connectivity index (χ3n) is 3.07. The molecular weight excluding hydrogens is 336 g/mol. The summed E-state index contributed by atoms with van der Waals surface area (Å²) in [5.41, 5.74) is 5.48. The molecule has 0 spiro atoms. The number of carbonyl (C=O) groups excluding carboxylic acids is 1. The zero-order chi connectivity index (χ0) is 16.7. The lowest BCUT2D eigenvalue weighted by Crippen LogP contribution is -2.26. The van der Waals surface area contributed by atoms with Crippen LogP contribution in [0.25, 0.3) is 0 Å². The molecule has 0 bridgehead atoms. The number of nitrogens with two attached hydrogens (primary N) is 1. The van der Waals surface area contributed by atoms with E-state index in [2.05, 4.69) is 15.5 Å². The van der Waals surface area contributed by atoms with Gasteiger partial charge in [-0.25, -0.2) is 8.42 Å². The van der Waals surface area contributed by atoms with Gasteiger partial charge in [-0.1, -0.05) is 29.5 Å². The Hall–Kier alpha value is -2.00. The molecule has 0 saturated carbocycles. The van der Waals surface area contributed by atoms with E-state index in [4.69, 9.17) is 5.73 Å². The van der Waals surface area contributed by atoms with Crippen LogP contribution in [0.1, 0.15) is 17.8 Å². The fourth-order valence-electron chi connectivity index (χ4n) is 1.90. The molecule has 1 heterocycles. The van der Waals surface area contributed by atoms with E-state index < -0.39 is 9.84 Å². The second-order valence-corrected chi connectivity index (χ2v) is 8.07. The number of amides is 1. The molecule has 124 valence electrons. The van der Waals surface area contributed by atoms with Gasteiger partial charge in [-0.3, -0.25) is 4.79 Å². The van der Waals surface area contributed by atoms with Crippen molar-refractivity contribution in [1.82, 2.24) is 15.5 Å². The Morgan fingerprint density at radius 1 is 1.22 bits per heavy atom. The van der Waals surface area contributed by atoms with Crippen LogP contribution in [0.3, 0.4) is 0 Å². The Labute approximate surface area is 138 Å². The van der Waals surface area contributed by atoms with Crippen molar-refractivity contribution in [2.75, 3.05) is 18.0 Å². The van der Waals surface area contributed by atoms with Gasteiger partial charge in [0.1, 0.15) is 5.01 Å². The number of aryl methyl sites for hydroxylation is 1. The maximum atomic E-state index is 12.0. The maximum absolute atomic E-state index is 12.0. The number of carbonyl (C=O) groups is 1. The summed E-state index contributed by atoms with van der Waals surface area (Å²) in [6.45, 7) is 0.462. The van der Waals surface area contributed by atoms with Gasteiger partial charge in [-0.15, -0.1) is 10.2 Å². The largest absolute Gasteiger partial charge is 0.374 e. The van der Waals surface area contributed by atoms with Crippen molar-refractivity contribution in [2.45, 2.75) is 24.2 Å². The summed E-state index contributed by atoms with van der Waals surface area (Å²) >= 11 is 1.32. The number of anilines is 1. The predicted molar refractivity (Wildman–Crippen MR) is 88.8 cm³/mol. The van der Waals surface area contributed by atoms with Crippen LogP contribution in [-0.4, -0.2) is 36.8 Å². The van der Waals surface area contributed by atoms with Crippen LogP contribution >= 0.6 is 11.3 Å². The smallest absolute Gasteiger partial charge is 0.221 e. The second-order valence-electron chi connectivity index (χ2n) is 4.87. The minimum absolute atomic E-state index is 0.0526. The van der Waals surface area contributed by atoms with Gasteiger partial charge in [0.15, 0.2) is 9.84 Å². The zero-order valence-corrected chi connectivity index (χ0v) is 14.1. The third-order valence-corrected chi connectivity index (χ3v) is 5.62. The summed E-state index contributed by atoms with van der Waals surface area (Å²) in [6, 6.07) is 8.12. The molecule has 0 radical (unpaired) electrons. The molecule has 9 heteroatoms.